The number of piperidine rings is 1. The van der Waals surface area contributed by atoms with Gasteiger partial charge in [-0.25, -0.2) is 0 Å². The number of aryl methyl sites for hydroxylation is 3. The zero-order valence-corrected chi connectivity index (χ0v) is 14.7. The number of nitrogens with one attached hydrogen (secondary N) is 2. The van der Waals surface area contributed by atoms with Gasteiger partial charge in [-0.05, 0) is 30.9 Å². The van der Waals surface area contributed by atoms with Crippen molar-refractivity contribution < 1.29 is 9.59 Å². The first-order valence-electron chi connectivity index (χ1n) is 8.65. The molecular weight excluding hydrogens is 316 g/mol. The molecule has 1 fully saturated rings. The molecule has 2 amide bonds. The highest BCUT2D eigenvalue weighted by Crippen LogP contribution is 2.24. The van der Waals surface area contributed by atoms with Gasteiger partial charge < -0.3 is 10.6 Å². The molecule has 0 saturated carbocycles. The first-order chi connectivity index (χ1) is 12.0. The maximum atomic E-state index is 12.4. The number of benzene rings is 1. The predicted molar refractivity (Wildman–Crippen MR) is 94.8 cm³/mol. The minimum Gasteiger partial charge on any atom is -0.351 e. The molecule has 1 aliphatic rings. The van der Waals surface area contributed by atoms with E-state index < -0.39 is 0 Å². The smallest absolute Gasteiger partial charge is 0.220 e. The number of hydrogen-bond donors (Lipinski definition) is 2. The third kappa shape index (κ3) is 4.26. The lowest BCUT2D eigenvalue weighted by molar-refractivity contribution is -0.127. The maximum Gasteiger partial charge on any atom is 0.220 e. The van der Waals surface area contributed by atoms with Gasteiger partial charge in [0.2, 0.25) is 11.8 Å². The summed E-state index contributed by atoms with van der Waals surface area (Å²) in [7, 11) is 1.88. The molecule has 0 bridgehead atoms. The molecule has 2 heterocycles. The highest BCUT2D eigenvalue weighted by Gasteiger charge is 2.30. The van der Waals surface area contributed by atoms with Gasteiger partial charge in [0, 0.05) is 26.1 Å². The minimum atomic E-state index is -0.175. The summed E-state index contributed by atoms with van der Waals surface area (Å²) in [5.74, 6) is 0.0377. The van der Waals surface area contributed by atoms with Crippen molar-refractivity contribution in [2.24, 2.45) is 7.05 Å². The number of rotatable bonds is 5. The number of carbonyl (C=O) groups is 2. The number of amides is 2. The third-order valence-electron chi connectivity index (χ3n) is 4.64. The SMILES string of the molecule is Cc1nn(C)cc1CCC(=O)N[C@@H]1CCC(=O)N[C@H]1c1ccccc1. The molecule has 0 radical (unpaired) electrons. The van der Waals surface area contributed by atoms with Crippen LogP contribution in [-0.2, 0) is 23.1 Å². The van der Waals surface area contributed by atoms with Crippen LogP contribution < -0.4 is 10.6 Å². The van der Waals surface area contributed by atoms with Crippen LogP contribution in [0.5, 0.6) is 0 Å². The molecule has 132 valence electrons. The highest BCUT2D eigenvalue weighted by molar-refractivity contribution is 5.79. The van der Waals surface area contributed by atoms with Crippen LogP contribution in [0.15, 0.2) is 36.5 Å². The van der Waals surface area contributed by atoms with Gasteiger partial charge in [0.25, 0.3) is 0 Å². The fraction of sp³-hybridized carbons (Fsp3) is 0.421. The Kier molecular flexibility index (Phi) is 5.16. The van der Waals surface area contributed by atoms with E-state index in [1.165, 1.54) is 0 Å². The number of aromatic nitrogens is 2. The van der Waals surface area contributed by atoms with Gasteiger partial charge in [-0.1, -0.05) is 30.3 Å². The summed E-state index contributed by atoms with van der Waals surface area (Å²) >= 11 is 0. The average Bonchev–Trinajstić information content (AvgIpc) is 2.93. The first-order valence-corrected chi connectivity index (χ1v) is 8.65. The Balaban J connectivity index is 1.62. The van der Waals surface area contributed by atoms with E-state index in [0.29, 0.717) is 25.7 Å². The standard InChI is InChI=1S/C19H24N4O2/c1-13-15(12-23(2)22-13)8-10-17(24)20-16-9-11-18(25)21-19(16)14-6-4-3-5-7-14/h3-7,12,16,19H,8-11H2,1-2H3,(H,20,24)(H,21,25)/t16-,19+/m1/s1. The topological polar surface area (TPSA) is 76.0 Å². The van der Waals surface area contributed by atoms with E-state index >= 15 is 0 Å². The van der Waals surface area contributed by atoms with Crippen LogP contribution in [0.2, 0.25) is 0 Å². The summed E-state index contributed by atoms with van der Waals surface area (Å²) < 4.78 is 1.77. The second kappa shape index (κ2) is 7.51. The van der Waals surface area contributed by atoms with Gasteiger partial charge in [0.05, 0.1) is 17.8 Å². The van der Waals surface area contributed by atoms with Crippen LogP contribution in [0, 0.1) is 6.92 Å². The zero-order valence-electron chi connectivity index (χ0n) is 14.7. The van der Waals surface area contributed by atoms with Crippen molar-refractivity contribution in [3.05, 3.63) is 53.3 Å². The van der Waals surface area contributed by atoms with Gasteiger partial charge in [0.15, 0.2) is 0 Å². The molecule has 0 unspecified atom stereocenters. The Bertz CT molecular complexity index is 754. The van der Waals surface area contributed by atoms with Crippen molar-refractivity contribution in [3.63, 3.8) is 0 Å². The molecule has 2 N–H and O–H groups in total. The quantitative estimate of drug-likeness (QED) is 0.871. The molecule has 6 heteroatoms. The molecule has 1 saturated heterocycles. The largest absolute Gasteiger partial charge is 0.351 e. The first kappa shape index (κ1) is 17.2. The zero-order chi connectivity index (χ0) is 17.8. The maximum absolute atomic E-state index is 12.4. The number of nitrogens with zero attached hydrogens (tertiary/aromatic N) is 2. The number of carbonyl (C=O) groups excluding carboxylic acids is 2. The lowest BCUT2D eigenvalue weighted by Gasteiger charge is -2.33. The van der Waals surface area contributed by atoms with Crippen molar-refractivity contribution in [3.8, 4) is 0 Å². The third-order valence-corrected chi connectivity index (χ3v) is 4.64. The van der Waals surface area contributed by atoms with Crippen LogP contribution in [0.4, 0.5) is 0 Å². The Labute approximate surface area is 147 Å². The molecule has 0 aliphatic carbocycles. The Hall–Kier alpha value is -2.63. The second-order valence-corrected chi connectivity index (χ2v) is 6.58. The predicted octanol–water partition coefficient (Wildman–Crippen LogP) is 1.80. The van der Waals surface area contributed by atoms with Crippen LogP contribution >= 0.6 is 0 Å². The van der Waals surface area contributed by atoms with Crippen LogP contribution in [-0.4, -0.2) is 27.6 Å². The van der Waals surface area contributed by atoms with E-state index in [2.05, 4.69) is 15.7 Å². The van der Waals surface area contributed by atoms with Crippen molar-refractivity contribution in [2.45, 2.75) is 44.7 Å². The molecule has 6 nitrogen and oxygen atoms in total. The van der Waals surface area contributed by atoms with Crippen molar-refractivity contribution in [1.82, 2.24) is 20.4 Å². The molecule has 1 aromatic heterocycles. The summed E-state index contributed by atoms with van der Waals surface area (Å²) in [5, 5.41) is 10.4. The van der Waals surface area contributed by atoms with Crippen LogP contribution in [0.1, 0.15) is 42.1 Å². The molecule has 2 atom stereocenters. The lowest BCUT2D eigenvalue weighted by atomic mass is 9.91. The molecule has 2 aromatic rings. The van der Waals surface area contributed by atoms with Gasteiger partial charge >= 0.3 is 0 Å². The Morgan fingerprint density at radius 2 is 2.12 bits per heavy atom. The van der Waals surface area contributed by atoms with E-state index in [9.17, 15) is 9.59 Å². The van der Waals surface area contributed by atoms with Crippen LogP contribution in [0.3, 0.4) is 0 Å². The second-order valence-electron chi connectivity index (χ2n) is 6.58. The Morgan fingerprint density at radius 3 is 2.80 bits per heavy atom. The van der Waals surface area contributed by atoms with Gasteiger partial charge in [0.1, 0.15) is 0 Å². The molecule has 25 heavy (non-hydrogen) atoms. The summed E-state index contributed by atoms with van der Waals surface area (Å²) in [4.78, 5) is 24.2. The molecular formula is C19H24N4O2. The molecule has 0 spiro atoms. The normalized spacial score (nSPS) is 20.2. The summed E-state index contributed by atoms with van der Waals surface area (Å²) in [6.45, 7) is 1.95. The van der Waals surface area contributed by atoms with Gasteiger partial charge in [-0.2, -0.15) is 5.10 Å². The van der Waals surface area contributed by atoms with Gasteiger partial charge in [-0.15, -0.1) is 0 Å². The Morgan fingerprint density at radius 1 is 1.36 bits per heavy atom. The fourth-order valence-electron chi connectivity index (χ4n) is 3.35. The summed E-state index contributed by atoms with van der Waals surface area (Å²) in [5.41, 5.74) is 3.07. The highest BCUT2D eigenvalue weighted by atomic mass is 16.2. The van der Waals surface area contributed by atoms with E-state index in [-0.39, 0.29) is 23.9 Å². The lowest BCUT2D eigenvalue weighted by Crippen LogP contribution is -2.50. The van der Waals surface area contributed by atoms with Crippen molar-refractivity contribution in [1.29, 1.82) is 0 Å². The summed E-state index contributed by atoms with van der Waals surface area (Å²) in [6.07, 6.45) is 4.13. The van der Waals surface area contributed by atoms with Crippen molar-refractivity contribution in [2.75, 3.05) is 0 Å². The van der Waals surface area contributed by atoms with Crippen molar-refractivity contribution >= 4 is 11.8 Å². The van der Waals surface area contributed by atoms with Crippen LogP contribution in [0.25, 0.3) is 0 Å². The fourth-order valence-corrected chi connectivity index (χ4v) is 3.35. The molecule has 1 aromatic carbocycles. The van der Waals surface area contributed by atoms with E-state index in [0.717, 1.165) is 16.8 Å². The summed E-state index contributed by atoms with van der Waals surface area (Å²) in [6, 6.07) is 9.54. The average molecular weight is 340 g/mol. The number of hydrogen-bond acceptors (Lipinski definition) is 3. The monoisotopic (exact) mass is 340 g/mol. The molecule has 3 rings (SSSR count). The minimum absolute atomic E-state index is 0.00494. The molecule has 1 aliphatic heterocycles. The van der Waals surface area contributed by atoms with E-state index in [1.807, 2.05) is 50.5 Å². The van der Waals surface area contributed by atoms with E-state index in [1.54, 1.807) is 4.68 Å². The van der Waals surface area contributed by atoms with E-state index in [4.69, 9.17) is 0 Å². The van der Waals surface area contributed by atoms with Gasteiger partial charge in [-0.3, -0.25) is 14.3 Å².